The predicted molar refractivity (Wildman–Crippen MR) is 52.0 cm³/mol. The van der Waals surface area contributed by atoms with Crippen LogP contribution in [0.4, 0.5) is 0 Å². The molecule has 0 aliphatic carbocycles. The van der Waals surface area contributed by atoms with Gasteiger partial charge in [-0.25, -0.2) is 0 Å². The molecule has 0 bridgehead atoms. The molecule has 14 heavy (non-hydrogen) atoms. The highest BCUT2D eigenvalue weighted by Crippen LogP contribution is 2.15. The second kappa shape index (κ2) is 4.26. The maximum atomic E-state index is 9.49. The Labute approximate surface area is 82.6 Å². The smallest absolute Gasteiger partial charge is 0.230 e. The Morgan fingerprint density at radius 2 is 2.07 bits per heavy atom. The summed E-state index contributed by atoms with van der Waals surface area (Å²) < 4.78 is 10.7. The summed E-state index contributed by atoms with van der Waals surface area (Å²) in [5, 5.41) is 9.49. The van der Waals surface area contributed by atoms with Crippen molar-refractivity contribution in [1.82, 2.24) is 0 Å². The fourth-order valence-corrected chi connectivity index (χ4v) is 1.27. The van der Waals surface area contributed by atoms with Crippen molar-refractivity contribution in [2.45, 2.75) is 12.4 Å². The van der Waals surface area contributed by atoms with E-state index in [-0.39, 0.29) is 0 Å². The van der Waals surface area contributed by atoms with E-state index in [2.05, 4.69) is 0 Å². The van der Waals surface area contributed by atoms with Gasteiger partial charge in [-0.2, -0.15) is 0 Å². The number of para-hydroxylation sites is 1. The second-order valence-electron chi connectivity index (χ2n) is 3.05. The maximum absolute atomic E-state index is 9.49. The first-order valence-electron chi connectivity index (χ1n) is 4.54. The van der Waals surface area contributed by atoms with E-state index in [0.29, 0.717) is 12.4 Å². The zero-order valence-electron chi connectivity index (χ0n) is 7.67. The first kappa shape index (κ1) is 9.24. The largest absolute Gasteiger partial charge is 0.462 e. The zero-order valence-corrected chi connectivity index (χ0v) is 7.67. The highest BCUT2D eigenvalue weighted by molar-refractivity contribution is 5.21. The molecule has 1 aliphatic heterocycles. The molecule has 0 saturated heterocycles. The lowest BCUT2D eigenvalue weighted by Gasteiger charge is -2.24. The lowest BCUT2D eigenvalue weighted by atomic mass is 10.2. The van der Waals surface area contributed by atoms with Gasteiger partial charge in [0.15, 0.2) is 0 Å². The van der Waals surface area contributed by atoms with Crippen molar-refractivity contribution in [2.75, 3.05) is 6.61 Å². The molecule has 0 radical (unpaired) electrons. The van der Waals surface area contributed by atoms with Gasteiger partial charge >= 0.3 is 0 Å². The van der Waals surface area contributed by atoms with Crippen LogP contribution in [0.5, 0.6) is 5.75 Å². The van der Waals surface area contributed by atoms with Gasteiger partial charge in [0.1, 0.15) is 11.9 Å². The van der Waals surface area contributed by atoms with Crippen LogP contribution in [-0.4, -0.2) is 24.1 Å². The number of hydrogen-bond donors (Lipinski definition) is 1. The van der Waals surface area contributed by atoms with Crippen LogP contribution in [0.3, 0.4) is 0 Å². The van der Waals surface area contributed by atoms with Crippen LogP contribution in [0.25, 0.3) is 0 Å². The predicted octanol–water partition coefficient (Wildman–Crippen LogP) is 1.34. The van der Waals surface area contributed by atoms with Crippen LogP contribution < -0.4 is 4.74 Å². The molecule has 0 spiro atoms. The standard InChI is InChI=1S/C11H12O3/c12-10-7-4-8-13-11(10)14-9-5-2-1-3-6-9/h1-7,10-12H,8H2/t10-,11+/m1/s1. The molecular formula is C11H12O3. The Hall–Kier alpha value is -1.32. The second-order valence-corrected chi connectivity index (χ2v) is 3.05. The summed E-state index contributed by atoms with van der Waals surface area (Å²) >= 11 is 0. The van der Waals surface area contributed by atoms with Gasteiger partial charge in [-0.05, 0) is 12.1 Å². The molecule has 1 N–H and O–H groups in total. The third-order valence-corrected chi connectivity index (χ3v) is 1.96. The van der Waals surface area contributed by atoms with Gasteiger partial charge in [-0.15, -0.1) is 0 Å². The third-order valence-electron chi connectivity index (χ3n) is 1.96. The zero-order chi connectivity index (χ0) is 9.80. The molecule has 0 amide bonds. The molecule has 0 unspecified atom stereocenters. The molecule has 0 fully saturated rings. The van der Waals surface area contributed by atoms with Crippen molar-refractivity contribution >= 4 is 0 Å². The van der Waals surface area contributed by atoms with Gasteiger partial charge in [0.05, 0.1) is 6.61 Å². The summed E-state index contributed by atoms with van der Waals surface area (Å²) in [6, 6.07) is 9.31. The summed E-state index contributed by atoms with van der Waals surface area (Å²) in [7, 11) is 0. The molecule has 2 rings (SSSR count). The average molecular weight is 192 g/mol. The highest BCUT2D eigenvalue weighted by atomic mass is 16.7. The summed E-state index contributed by atoms with van der Waals surface area (Å²) in [6.45, 7) is 0.481. The van der Waals surface area contributed by atoms with Crippen LogP contribution in [0.1, 0.15) is 0 Å². The van der Waals surface area contributed by atoms with Crippen molar-refractivity contribution in [2.24, 2.45) is 0 Å². The lowest BCUT2D eigenvalue weighted by Crippen LogP contribution is -2.35. The molecule has 0 saturated carbocycles. The van der Waals surface area contributed by atoms with Gasteiger partial charge < -0.3 is 14.6 Å². The van der Waals surface area contributed by atoms with Crippen LogP contribution in [0, 0.1) is 0 Å². The topological polar surface area (TPSA) is 38.7 Å². The molecule has 2 atom stereocenters. The van der Waals surface area contributed by atoms with E-state index in [1.165, 1.54) is 0 Å². The summed E-state index contributed by atoms with van der Waals surface area (Å²) in [5.74, 6) is 0.701. The number of hydrogen-bond acceptors (Lipinski definition) is 3. The minimum absolute atomic E-state index is 0.481. The van der Waals surface area contributed by atoms with Crippen LogP contribution in [-0.2, 0) is 4.74 Å². The van der Waals surface area contributed by atoms with E-state index in [4.69, 9.17) is 9.47 Å². The van der Waals surface area contributed by atoms with Crippen LogP contribution in [0.15, 0.2) is 42.5 Å². The molecule has 1 aliphatic rings. The lowest BCUT2D eigenvalue weighted by molar-refractivity contribution is -0.130. The molecule has 1 aromatic carbocycles. The van der Waals surface area contributed by atoms with E-state index in [0.717, 1.165) is 0 Å². The summed E-state index contributed by atoms with van der Waals surface area (Å²) in [6.07, 6.45) is 2.17. The molecule has 3 nitrogen and oxygen atoms in total. The molecule has 1 aromatic rings. The first-order valence-corrected chi connectivity index (χ1v) is 4.54. The van der Waals surface area contributed by atoms with Crippen LogP contribution >= 0.6 is 0 Å². The van der Waals surface area contributed by atoms with Gasteiger partial charge in [0, 0.05) is 0 Å². The van der Waals surface area contributed by atoms with Crippen molar-refractivity contribution < 1.29 is 14.6 Å². The van der Waals surface area contributed by atoms with E-state index >= 15 is 0 Å². The maximum Gasteiger partial charge on any atom is 0.230 e. The Balaban J connectivity index is 2.01. The first-order chi connectivity index (χ1) is 6.86. The number of rotatable bonds is 2. The number of aliphatic hydroxyl groups is 1. The fraction of sp³-hybridized carbons (Fsp3) is 0.273. The summed E-state index contributed by atoms with van der Waals surface area (Å²) in [4.78, 5) is 0. The Kier molecular flexibility index (Phi) is 2.81. The Morgan fingerprint density at radius 1 is 1.29 bits per heavy atom. The van der Waals surface area contributed by atoms with E-state index < -0.39 is 12.4 Å². The van der Waals surface area contributed by atoms with Crippen molar-refractivity contribution in [3.63, 3.8) is 0 Å². The Bertz CT molecular complexity index is 308. The van der Waals surface area contributed by atoms with E-state index in [1.807, 2.05) is 30.3 Å². The normalized spacial score (nSPS) is 26.1. The van der Waals surface area contributed by atoms with Gasteiger partial charge in [-0.1, -0.05) is 30.4 Å². The van der Waals surface area contributed by atoms with E-state index in [1.54, 1.807) is 12.2 Å². The molecular weight excluding hydrogens is 180 g/mol. The fourth-order valence-electron chi connectivity index (χ4n) is 1.27. The quantitative estimate of drug-likeness (QED) is 0.718. The van der Waals surface area contributed by atoms with Gasteiger partial charge in [-0.3, -0.25) is 0 Å². The summed E-state index contributed by atoms with van der Waals surface area (Å²) in [5.41, 5.74) is 0. The minimum Gasteiger partial charge on any atom is -0.462 e. The Morgan fingerprint density at radius 3 is 2.79 bits per heavy atom. The average Bonchev–Trinajstić information content (AvgIpc) is 2.23. The molecule has 0 aromatic heterocycles. The number of ether oxygens (including phenoxy) is 2. The van der Waals surface area contributed by atoms with Gasteiger partial charge in [0.2, 0.25) is 6.29 Å². The minimum atomic E-state index is -0.691. The molecule has 74 valence electrons. The van der Waals surface area contributed by atoms with Crippen LogP contribution in [0.2, 0.25) is 0 Å². The number of benzene rings is 1. The van der Waals surface area contributed by atoms with Crippen molar-refractivity contribution in [3.05, 3.63) is 42.5 Å². The van der Waals surface area contributed by atoms with Crippen molar-refractivity contribution in [3.8, 4) is 5.75 Å². The SMILES string of the molecule is O[C@@H]1C=CCO[C@H]1Oc1ccccc1. The monoisotopic (exact) mass is 192 g/mol. The highest BCUT2D eigenvalue weighted by Gasteiger charge is 2.21. The molecule has 3 heteroatoms. The molecule has 1 heterocycles. The third kappa shape index (κ3) is 2.13. The van der Waals surface area contributed by atoms with Crippen molar-refractivity contribution in [1.29, 1.82) is 0 Å². The van der Waals surface area contributed by atoms with Gasteiger partial charge in [0.25, 0.3) is 0 Å². The number of aliphatic hydroxyl groups excluding tert-OH is 1. The van der Waals surface area contributed by atoms with E-state index in [9.17, 15) is 5.11 Å².